The first kappa shape index (κ1) is 19.4. The third-order valence-corrected chi connectivity index (χ3v) is 5.91. The van der Waals surface area contributed by atoms with Crippen molar-refractivity contribution < 1.29 is 9.53 Å². The highest BCUT2D eigenvalue weighted by atomic mass is 35.5. The van der Waals surface area contributed by atoms with Crippen molar-refractivity contribution in [2.75, 3.05) is 13.7 Å². The number of aromatic nitrogens is 1. The van der Waals surface area contributed by atoms with Crippen LogP contribution in [0, 0.1) is 6.92 Å². The van der Waals surface area contributed by atoms with Crippen molar-refractivity contribution in [1.29, 1.82) is 0 Å². The smallest absolute Gasteiger partial charge is 0.281 e. The molecule has 1 amide bonds. The molecule has 0 aliphatic heterocycles. The normalized spacial score (nSPS) is 12.1. The van der Waals surface area contributed by atoms with E-state index >= 15 is 0 Å². The molecule has 0 aliphatic carbocycles. The van der Waals surface area contributed by atoms with Crippen LogP contribution in [-0.2, 0) is 11.3 Å². The van der Waals surface area contributed by atoms with E-state index in [2.05, 4.69) is 4.99 Å². The maximum atomic E-state index is 12.6. The standard InChI is InChI=1S/C18H15Cl3N2O2S/c1-10-13(20)5-6-15-16(10)23(7-8-25-2)18(26-15)22-17(24)12-4-3-11(19)9-14(12)21/h3-6,9H,7-8H2,1-2H3. The summed E-state index contributed by atoms with van der Waals surface area (Å²) in [7, 11) is 1.63. The minimum absolute atomic E-state index is 0.273. The molecule has 3 rings (SSSR count). The number of hydrogen-bond donors (Lipinski definition) is 0. The molecule has 1 heterocycles. The molecule has 0 atom stereocenters. The lowest BCUT2D eigenvalue weighted by molar-refractivity contribution is 0.0997. The van der Waals surface area contributed by atoms with E-state index in [-0.39, 0.29) is 5.02 Å². The number of thiazole rings is 1. The zero-order valence-corrected chi connectivity index (χ0v) is 17.1. The van der Waals surface area contributed by atoms with Gasteiger partial charge in [0.2, 0.25) is 0 Å². The Morgan fingerprint density at radius 2 is 1.96 bits per heavy atom. The fourth-order valence-electron chi connectivity index (χ4n) is 2.60. The number of carbonyl (C=O) groups excluding carboxylic acids is 1. The second-order valence-electron chi connectivity index (χ2n) is 5.59. The van der Waals surface area contributed by atoms with E-state index in [0.717, 1.165) is 15.8 Å². The molecule has 26 heavy (non-hydrogen) atoms. The summed E-state index contributed by atoms with van der Waals surface area (Å²) in [5.41, 5.74) is 2.20. The zero-order chi connectivity index (χ0) is 18.8. The first-order valence-electron chi connectivity index (χ1n) is 7.74. The molecule has 1 aromatic heterocycles. The topological polar surface area (TPSA) is 43.6 Å². The van der Waals surface area contributed by atoms with E-state index in [1.807, 2.05) is 23.6 Å². The van der Waals surface area contributed by atoms with Gasteiger partial charge in [-0.25, -0.2) is 0 Å². The van der Waals surface area contributed by atoms with Gasteiger partial charge in [-0.2, -0.15) is 4.99 Å². The van der Waals surface area contributed by atoms with E-state index in [4.69, 9.17) is 39.5 Å². The molecule has 0 N–H and O–H groups in total. The van der Waals surface area contributed by atoms with E-state index in [1.165, 1.54) is 17.4 Å². The second kappa shape index (κ2) is 8.11. The summed E-state index contributed by atoms with van der Waals surface area (Å²) in [4.78, 5) is 17.5. The lowest BCUT2D eigenvalue weighted by Crippen LogP contribution is -2.20. The number of hydrogen-bond acceptors (Lipinski definition) is 3. The highest BCUT2D eigenvalue weighted by Gasteiger charge is 2.14. The number of ether oxygens (including phenoxy) is 1. The summed E-state index contributed by atoms with van der Waals surface area (Å²) in [5.74, 6) is -0.423. The third kappa shape index (κ3) is 3.82. The van der Waals surface area contributed by atoms with Crippen molar-refractivity contribution in [1.82, 2.24) is 4.57 Å². The van der Waals surface area contributed by atoms with Crippen molar-refractivity contribution in [3.8, 4) is 0 Å². The minimum Gasteiger partial charge on any atom is -0.383 e. The average molecular weight is 430 g/mol. The Morgan fingerprint density at radius 1 is 1.19 bits per heavy atom. The van der Waals surface area contributed by atoms with Crippen LogP contribution in [0.2, 0.25) is 15.1 Å². The molecule has 0 spiro atoms. The first-order chi connectivity index (χ1) is 12.4. The van der Waals surface area contributed by atoms with Gasteiger partial charge in [0.05, 0.1) is 27.4 Å². The molecule has 0 bridgehead atoms. The number of amides is 1. The number of methoxy groups -OCH3 is 1. The Labute approximate surface area is 169 Å². The van der Waals surface area contributed by atoms with E-state index in [1.54, 1.807) is 19.2 Å². The summed E-state index contributed by atoms with van der Waals surface area (Å²) in [6.07, 6.45) is 0. The maximum Gasteiger partial charge on any atom is 0.281 e. The first-order valence-corrected chi connectivity index (χ1v) is 9.69. The molecule has 3 aromatic rings. The van der Waals surface area contributed by atoms with Crippen molar-refractivity contribution in [3.05, 3.63) is 61.3 Å². The van der Waals surface area contributed by atoms with Gasteiger partial charge in [-0.05, 0) is 42.8 Å². The van der Waals surface area contributed by atoms with Crippen molar-refractivity contribution in [3.63, 3.8) is 0 Å². The number of fused-ring (bicyclic) bond motifs is 1. The molecule has 0 radical (unpaired) electrons. The van der Waals surface area contributed by atoms with Gasteiger partial charge in [0.15, 0.2) is 4.80 Å². The lowest BCUT2D eigenvalue weighted by Gasteiger charge is -2.07. The van der Waals surface area contributed by atoms with Gasteiger partial charge >= 0.3 is 0 Å². The SMILES string of the molecule is COCCn1c(=NC(=O)c2ccc(Cl)cc2Cl)sc2ccc(Cl)c(C)c21. The van der Waals surface area contributed by atoms with Crippen molar-refractivity contribution in [2.45, 2.75) is 13.5 Å². The molecule has 2 aromatic carbocycles. The van der Waals surface area contributed by atoms with Crippen molar-refractivity contribution >= 4 is 62.3 Å². The summed E-state index contributed by atoms with van der Waals surface area (Å²) < 4.78 is 8.15. The Kier molecular flexibility index (Phi) is 6.05. The molecular weight excluding hydrogens is 415 g/mol. The molecule has 0 aliphatic rings. The highest BCUT2D eigenvalue weighted by molar-refractivity contribution is 7.16. The zero-order valence-electron chi connectivity index (χ0n) is 14.1. The lowest BCUT2D eigenvalue weighted by atomic mass is 10.2. The van der Waals surface area contributed by atoms with Gasteiger partial charge in [-0.1, -0.05) is 46.1 Å². The number of halogens is 3. The fourth-order valence-corrected chi connectivity index (χ4v) is 4.36. The van der Waals surface area contributed by atoms with Crippen LogP contribution in [0.25, 0.3) is 10.2 Å². The summed E-state index contributed by atoms with van der Waals surface area (Å²) in [5, 5.41) is 1.41. The van der Waals surface area contributed by atoms with Crippen LogP contribution >= 0.6 is 46.1 Å². The van der Waals surface area contributed by atoms with Crippen LogP contribution in [0.3, 0.4) is 0 Å². The van der Waals surface area contributed by atoms with Crippen LogP contribution in [0.1, 0.15) is 15.9 Å². The number of aryl methyl sites for hydroxylation is 1. The van der Waals surface area contributed by atoms with Crippen LogP contribution in [0.4, 0.5) is 0 Å². The quantitative estimate of drug-likeness (QED) is 0.560. The molecule has 136 valence electrons. The predicted octanol–water partition coefficient (Wildman–Crippen LogP) is 5.36. The maximum absolute atomic E-state index is 12.6. The van der Waals surface area contributed by atoms with E-state index < -0.39 is 5.91 Å². The van der Waals surface area contributed by atoms with Gasteiger partial charge in [-0.15, -0.1) is 0 Å². The average Bonchev–Trinajstić information content (AvgIpc) is 2.94. The Morgan fingerprint density at radius 3 is 2.65 bits per heavy atom. The third-order valence-electron chi connectivity index (χ3n) is 3.91. The minimum atomic E-state index is -0.423. The Balaban J connectivity index is 2.18. The Hall–Kier alpha value is -1.37. The Bertz CT molecular complexity index is 1060. The van der Waals surface area contributed by atoms with Crippen LogP contribution in [-0.4, -0.2) is 24.2 Å². The second-order valence-corrected chi connectivity index (χ2v) is 7.85. The molecular formula is C18H15Cl3N2O2S. The van der Waals surface area contributed by atoms with Crippen LogP contribution in [0.15, 0.2) is 35.3 Å². The van der Waals surface area contributed by atoms with Gasteiger partial charge < -0.3 is 9.30 Å². The fraction of sp³-hybridized carbons (Fsp3) is 0.222. The largest absolute Gasteiger partial charge is 0.383 e. The molecule has 0 saturated carbocycles. The number of carbonyl (C=O) groups is 1. The van der Waals surface area contributed by atoms with Crippen molar-refractivity contribution in [2.24, 2.45) is 4.99 Å². The van der Waals surface area contributed by atoms with Crippen LogP contribution < -0.4 is 4.80 Å². The van der Waals surface area contributed by atoms with Gasteiger partial charge in [0.1, 0.15) is 0 Å². The number of benzene rings is 2. The molecule has 8 heteroatoms. The molecule has 0 fully saturated rings. The monoisotopic (exact) mass is 428 g/mol. The van der Waals surface area contributed by atoms with Gasteiger partial charge in [0.25, 0.3) is 5.91 Å². The highest BCUT2D eigenvalue weighted by Crippen LogP contribution is 2.27. The number of rotatable bonds is 4. The van der Waals surface area contributed by atoms with E-state index in [9.17, 15) is 4.79 Å². The predicted molar refractivity (Wildman–Crippen MR) is 108 cm³/mol. The summed E-state index contributed by atoms with van der Waals surface area (Å²) in [6, 6.07) is 8.49. The number of nitrogens with zero attached hydrogens (tertiary/aromatic N) is 2. The van der Waals surface area contributed by atoms with Gasteiger partial charge in [-0.3, -0.25) is 4.79 Å². The summed E-state index contributed by atoms with van der Waals surface area (Å²) in [6.45, 7) is 2.99. The summed E-state index contributed by atoms with van der Waals surface area (Å²) >= 11 is 19.7. The van der Waals surface area contributed by atoms with E-state index in [0.29, 0.717) is 33.6 Å². The molecule has 0 saturated heterocycles. The molecule has 4 nitrogen and oxygen atoms in total. The van der Waals surface area contributed by atoms with Crippen LogP contribution in [0.5, 0.6) is 0 Å². The molecule has 0 unspecified atom stereocenters. The van der Waals surface area contributed by atoms with Gasteiger partial charge in [0, 0.05) is 23.7 Å².